The fourth-order valence-corrected chi connectivity index (χ4v) is 3.87. The number of rotatable bonds is 4. The molecule has 0 aliphatic carbocycles. The largest absolute Gasteiger partial charge is 0.455 e. The molecule has 3 aromatic rings. The quantitative estimate of drug-likeness (QED) is 0.669. The Labute approximate surface area is 142 Å². The van der Waals surface area contributed by atoms with Crippen LogP contribution < -0.4 is 0 Å². The van der Waals surface area contributed by atoms with Gasteiger partial charge in [-0.05, 0) is 32.1 Å². The van der Waals surface area contributed by atoms with Crippen molar-refractivity contribution in [2.24, 2.45) is 0 Å². The molecular formula is C20H18O3S. The number of sulfone groups is 1. The van der Waals surface area contributed by atoms with Crippen LogP contribution in [-0.4, -0.2) is 8.42 Å². The Morgan fingerprint density at radius 3 is 2.00 bits per heavy atom. The Bertz CT molecular complexity index is 976. The highest BCUT2D eigenvalue weighted by atomic mass is 32.2. The predicted molar refractivity (Wildman–Crippen MR) is 95.6 cm³/mol. The lowest BCUT2D eigenvalue weighted by Gasteiger charge is -2.06. The topological polar surface area (TPSA) is 47.3 Å². The van der Waals surface area contributed by atoms with Crippen molar-refractivity contribution in [3.8, 4) is 11.3 Å². The van der Waals surface area contributed by atoms with Crippen molar-refractivity contribution in [1.82, 2.24) is 0 Å². The third-order valence-electron chi connectivity index (χ3n) is 3.85. The SMILES string of the molecule is C=Cc1cc(S(=O)(=O)c2ccc(C)cc2)c(-c2ccc(C)cc2)o1. The van der Waals surface area contributed by atoms with Crippen LogP contribution in [0.15, 0.2) is 75.4 Å². The number of furan rings is 1. The average Bonchev–Trinajstić information content (AvgIpc) is 3.01. The van der Waals surface area contributed by atoms with E-state index in [2.05, 4.69) is 6.58 Å². The van der Waals surface area contributed by atoms with Gasteiger partial charge >= 0.3 is 0 Å². The molecule has 0 saturated carbocycles. The van der Waals surface area contributed by atoms with Crippen LogP contribution in [-0.2, 0) is 9.84 Å². The van der Waals surface area contributed by atoms with Gasteiger partial charge in [-0.2, -0.15) is 0 Å². The molecule has 0 aliphatic heterocycles. The first kappa shape index (κ1) is 16.3. The van der Waals surface area contributed by atoms with Gasteiger partial charge in [0.2, 0.25) is 9.84 Å². The number of aryl methyl sites for hydroxylation is 2. The molecule has 4 heteroatoms. The van der Waals surface area contributed by atoms with Gasteiger partial charge in [0.05, 0.1) is 4.90 Å². The molecule has 0 radical (unpaired) electrons. The zero-order valence-corrected chi connectivity index (χ0v) is 14.4. The summed E-state index contributed by atoms with van der Waals surface area (Å²) in [5.74, 6) is 0.765. The minimum atomic E-state index is -3.68. The zero-order valence-electron chi connectivity index (χ0n) is 13.6. The lowest BCUT2D eigenvalue weighted by molar-refractivity contribution is 0.563. The first-order valence-corrected chi connectivity index (χ1v) is 9.05. The third kappa shape index (κ3) is 2.93. The summed E-state index contributed by atoms with van der Waals surface area (Å²) in [5.41, 5.74) is 2.82. The molecule has 1 heterocycles. The molecule has 0 aliphatic rings. The second-order valence-corrected chi connectivity index (χ2v) is 7.65. The van der Waals surface area contributed by atoms with E-state index in [1.165, 1.54) is 12.1 Å². The first-order valence-electron chi connectivity index (χ1n) is 7.57. The van der Waals surface area contributed by atoms with Crippen LogP contribution in [0, 0.1) is 13.8 Å². The highest BCUT2D eigenvalue weighted by Crippen LogP contribution is 2.35. The maximum Gasteiger partial charge on any atom is 0.210 e. The maximum atomic E-state index is 13.0. The highest BCUT2D eigenvalue weighted by Gasteiger charge is 2.26. The van der Waals surface area contributed by atoms with Gasteiger partial charge in [-0.25, -0.2) is 8.42 Å². The molecule has 3 rings (SSSR count). The van der Waals surface area contributed by atoms with Crippen LogP contribution in [0.4, 0.5) is 0 Å². The lowest BCUT2D eigenvalue weighted by Crippen LogP contribution is -2.02. The Balaban J connectivity index is 2.20. The van der Waals surface area contributed by atoms with Gasteiger partial charge in [0.15, 0.2) is 5.76 Å². The summed E-state index contributed by atoms with van der Waals surface area (Å²) in [5, 5.41) is 0. The van der Waals surface area contributed by atoms with E-state index in [4.69, 9.17) is 4.42 Å². The minimum Gasteiger partial charge on any atom is -0.455 e. The summed E-state index contributed by atoms with van der Waals surface area (Å²) < 4.78 is 31.8. The van der Waals surface area contributed by atoms with E-state index in [0.29, 0.717) is 11.5 Å². The van der Waals surface area contributed by atoms with Gasteiger partial charge in [0.25, 0.3) is 0 Å². The van der Waals surface area contributed by atoms with Gasteiger partial charge in [0.1, 0.15) is 10.7 Å². The predicted octanol–water partition coefficient (Wildman–Crippen LogP) is 5.04. The Hall–Kier alpha value is -2.59. The van der Waals surface area contributed by atoms with Crippen LogP contribution in [0.5, 0.6) is 0 Å². The third-order valence-corrected chi connectivity index (χ3v) is 5.63. The Morgan fingerprint density at radius 2 is 1.46 bits per heavy atom. The van der Waals surface area contributed by atoms with Crippen molar-refractivity contribution < 1.29 is 12.8 Å². The van der Waals surface area contributed by atoms with E-state index in [9.17, 15) is 8.42 Å². The van der Waals surface area contributed by atoms with Crippen molar-refractivity contribution >= 4 is 15.9 Å². The minimum absolute atomic E-state index is 0.158. The standard InChI is InChI=1S/C20H18O3S/c1-4-17-13-19(20(23-17)16-9-5-14(2)6-10-16)24(21,22)18-11-7-15(3)8-12-18/h4-13H,1H2,2-3H3. The first-order chi connectivity index (χ1) is 11.4. The molecule has 0 amide bonds. The lowest BCUT2D eigenvalue weighted by atomic mass is 10.1. The highest BCUT2D eigenvalue weighted by molar-refractivity contribution is 7.91. The van der Waals surface area contributed by atoms with Crippen LogP contribution in [0.3, 0.4) is 0 Å². The molecule has 0 N–H and O–H groups in total. The van der Waals surface area contributed by atoms with Gasteiger partial charge in [-0.1, -0.05) is 54.1 Å². The number of benzene rings is 2. The van der Waals surface area contributed by atoms with Crippen molar-refractivity contribution in [3.05, 3.63) is 78.1 Å². The van der Waals surface area contributed by atoms with Crippen LogP contribution >= 0.6 is 0 Å². The van der Waals surface area contributed by atoms with Crippen LogP contribution in [0.25, 0.3) is 17.4 Å². The molecule has 24 heavy (non-hydrogen) atoms. The van der Waals surface area contributed by atoms with Crippen molar-refractivity contribution in [1.29, 1.82) is 0 Å². The summed E-state index contributed by atoms with van der Waals surface area (Å²) >= 11 is 0. The normalized spacial score (nSPS) is 11.4. The van der Waals surface area contributed by atoms with E-state index in [-0.39, 0.29) is 9.79 Å². The molecule has 3 nitrogen and oxygen atoms in total. The average molecular weight is 338 g/mol. The molecule has 122 valence electrons. The monoisotopic (exact) mass is 338 g/mol. The van der Waals surface area contributed by atoms with Crippen LogP contribution in [0.1, 0.15) is 16.9 Å². The summed E-state index contributed by atoms with van der Waals surface area (Å²) in [6, 6.07) is 15.9. The second-order valence-electron chi connectivity index (χ2n) is 5.73. The molecule has 0 fully saturated rings. The second kappa shape index (κ2) is 6.13. The van der Waals surface area contributed by atoms with E-state index in [1.807, 2.05) is 38.1 Å². The number of hydrogen-bond acceptors (Lipinski definition) is 3. The fraction of sp³-hybridized carbons (Fsp3) is 0.100. The van der Waals surface area contributed by atoms with Gasteiger partial charge in [-0.3, -0.25) is 0 Å². The van der Waals surface area contributed by atoms with Gasteiger partial charge in [0, 0.05) is 11.6 Å². The van der Waals surface area contributed by atoms with E-state index in [0.717, 1.165) is 16.7 Å². The summed E-state index contributed by atoms with van der Waals surface area (Å²) in [6.45, 7) is 7.57. The van der Waals surface area contributed by atoms with Crippen molar-refractivity contribution in [2.75, 3.05) is 0 Å². The van der Waals surface area contributed by atoms with Crippen molar-refractivity contribution in [2.45, 2.75) is 23.6 Å². The summed E-state index contributed by atoms with van der Waals surface area (Å²) in [6.07, 6.45) is 1.51. The van der Waals surface area contributed by atoms with Gasteiger partial charge < -0.3 is 4.42 Å². The molecule has 2 aromatic carbocycles. The molecular weight excluding hydrogens is 320 g/mol. The molecule has 0 bridgehead atoms. The summed E-state index contributed by atoms with van der Waals surface area (Å²) in [7, 11) is -3.68. The Morgan fingerprint density at radius 1 is 0.917 bits per heavy atom. The maximum absolute atomic E-state index is 13.0. The number of hydrogen-bond donors (Lipinski definition) is 0. The van der Waals surface area contributed by atoms with Gasteiger partial charge in [-0.15, -0.1) is 0 Å². The molecule has 0 saturated heterocycles. The van der Waals surface area contributed by atoms with Crippen molar-refractivity contribution in [3.63, 3.8) is 0 Å². The fourth-order valence-electron chi connectivity index (χ4n) is 2.44. The molecule has 0 unspecified atom stereocenters. The molecule has 0 atom stereocenters. The molecule has 0 spiro atoms. The van der Waals surface area contributed by atoms with E-state index in [1.54, 1.807) is 24.3 Å². The van der Waals surface area contributed by atoms with E-state index < -0.39 is 9.84 Å². The van der Waals surface area contributed by atoms with Crippen LogP contribution in [0.2, 0.25) is 0 Å². The Kier molecular flexibility index (Phi) is 4.16. The molecule has 1 aromatic heterocycles. The smallest absolute Gasteiger partial charge is 0.210 e. The summed E-state index contributed by atoms with van der Waals surface area (Å²) in [4.78, 5) is 0.406. The zero-order chi connectivity index (χ0) is 17.3. The van der Waals surface area contributed by atoms with E-state index >= 15 is 0 Å².